The molecule has 21 heavy (non-hydrogen) atoms. The van der Waals surface area contributed by atoms with E-state index in [1.165, 1.54) is 16.8 Å². The average Bonchev–Trinajstić information content (AvgIpc) is 2.75. The van der Waals surface area contributed by atoms with Crippen molar-refractivity contribution in [3.8, 4) is 0 Å². The highest BCUT2D eigenvalue weighted by Crippen LogP contribution is 2.23. The zero-order chi connectivity index (χ0) is 15.4. The Labute approximate surface area is 128 Å². The van der Waals surface area contributed by atoms with Crippen molar-refractivity contribution in [3.05, 3.63) is 52.8 Å². The number of nitrogens with zero attached hydrogens (tertiary/aromatic N) is 2. The van der Waals surface area contributed by atoms with Crippen LogP contribution < -0.4 is 5.32 Å². The molecular formula is C18H27N3. The Morgan fingerprint density at radius 3 is 2.33 bits per heavy atom. The fraction of sp³-hybridized carbons (Fsp3) is 0.500. The van der Waals surface area contributed by atoms with Crippen molar-refractivity contribution < 1.29 is 0 Å². The van der Waals surface area contributed by atoms with Gasteiger partial charge in [0.05, 0.1) is 11.7 Å². The Morgan fingerprint density at radius 2 is 1.81 bits per heavy atom. The molecule has 1 aromatic carbocycles. The van der Waals surface area contributed by atoms with Crippen molar-refractivity contribution in [1.82, 2.24) is 15.1 Å². The predicted molar refractivity (Wildman–Crippen MR) is 88.8 cm³/mol. The molecule has 0 bridgehead atoms. The van der Waals surface area contributed by atoms with Crippen LogP contribution in [0.1, 0.15) is 49.3 Å². The summed E-state index contributed by atoms with van der Waals surface area (Å²) in [7, 11) is 0. The van der Waals surface area contributed by atoms with E-state index in [4.69, 9.17) is 5.10 Å². The Morgan fingerprint density at radius 1 is 1.14 bits per heavy atom. The van der Waals surface area contributed by atoms with E-state index in [0.717, 1.165) is 18.7 Å². The molecule has 0 amide bonds. The number of hydrogen-bond acceptors (Lipinski definition) is 2. The highest BCUT2D eigenvalue weighted by Gasteiger charge is 2.19. The van der Waals surface area contributed by atoms with Gasteiger partial charge in [0.25, 0.3) is 0 Å². The molecule has 2 aromatic rings. The molecule has 1 heterocycles. The fourth-order valence-corrected chi connectivity index (χ4v) is 2.88. The smallest absolute Gasteiger partial charge is 0.0896 e. The molecule has 114 valence electrons. The van der Waals surface area contributed by atoms with Gasteiger partial charge in [0.2, 0.25) is 0 Å². The summed E-state index contributed by atoms with van der Waals surface area (Å²) in [5, 5.41) is 8.37. The minimum atomic E-state index is 0.243. The number of benzene rings is 1. The van der Waals surface area contributed by atoms with Gasteiger partial charge >= 0.3 is 0 Å². The van der Waals surface area contributed by atoms with Crippen LogP contribution in [0, 0.1) is 13.8 Å². The summed E-state index contributed by atoms with van der Waals surface area (Å²) in [5.74, 6) is 0. The lowest BCUT2D eigenvalue weighted by molar-refractivity contribution is 0.447. The maximum absolute atomic E-state index is 4.81. The SMILES string of the molecule is CCc1c(C)nn(C(CNC(C)C)c2ccccc2)c1C. The first-order chi connectivity index (χ1) is 10.0. The number of rotatable bonds is 6. The number of nitrogens with one attached hydrogen (secondary N) is 1. The van der Waals surface area contributed by atoms with Crippen LogP contribution in [0.4, 0.5) is 0 Å². The lowest BCUT2D eigenvalue weighted by Gasteiger charge is -2.22. The van der Waals surface area contributed by atoms with E-state index in [1.54, 1.807) is 0 Å². The van der Waals surface area contributed by atoms with Crippen LogP contribution in [0.5, 0.6) is 0 Å². The quantitative estimate of drug-likeness (QED) is 0.878. The summed E-state index contributed by atoms with van der Waals surface area (Å²) in [4.78, 5) is 0. The van der Waals surface area contributed by atoms with Crippen LogP contribution in [0.2, 0.25) is 0 Å². The third kappa shape index (κ3) is 3.53. The Balaban J connectivity index is 2.40. The van der Waals surface area contributed by atoms with Gasteiger partial charge in [-0.25, -0.2) is 0 Å². The van der Waals surface area contributed by atoms with Gasteiger partial charge in [-0.05, 0) is 31.4 Å². The molecule has 3 nitrogen and oxygen atoms in total. The van der Waals surface area contributed by atoms with Crippen molar-refractivity contribution >= 4 is 0 Å². The second-order valence-electron chi connectivity index (χ2n) is 5.94. The van der Waals surface area contributed by atoms with Crippen LogP contribution in [0.15, 0.2) is 30.3 Å². The van der Waals surface area contributed by atoms with Crippen LogP contribution in [-0.4, -0.2) is 22.4 Å². The van der Waals surface area contributed by atoms with Gasteiger partial charge in [-0.15, -0.1) is 0 Å². The molecule has 0 aliphatic heterocycles. The largest absolute Gasteiger partial charge is 0.312 e. The van der Waals surface area contributed by atoms with Crippen LogP contribution in [-0.2, 0) is 6.42 Å². The fourth-order valence-electron chi connectivity index (χ4n) is 2.88. The average molecular weight is 285 g/mol. The van der Waals surface area contributed by atoms with E-state index in [1.807, 2.05) is 0 Å². The topological polar surface area (TPSA) is 29.9 Å². The van der Waals surface area contributed by atoms with E-state index in [-0.39, 0.29) is 6.04 Å². The summed E-state index contributed by atoms with van der Waals surface area (Å²) < 4.78 is 2.19. The van der Waals surface area contributed by atoms with E-state index < -0.39 is 0 Å². The lowest BCUT2D eigenvalue weighted by Crippen LogP contribution is -2.32. The lowest BCUT2D eigenvalue weighted by atomic mass is 10.1. The zero-order valence-electron chi connectivity index (χ0n) is 13.9. The maximum atomic E-state index is 4.81. The molecule has 1 aromatic heterocycles. The summed E-state index contributed by atoms with van der Waals surface area (Å²) in [6, 6.07) is 11.4. The molecule has 0 aliphatic rings. The van der Waals surface area contributed by atoms with Gasteiger partial charge in [-0.3, -0.25) is 4.68 Å². The highest BCUT2D eigenvalue weighted by molar-refractivity contribution is 5.28. The summed E-state index contributed by atoms with van der Waals surface area (Å²) >= 11 is 0. The molecule has 0 radical (unpaired) electrons. The Kier molecular flexibility index (Phi) is 5.18. The van der Waals surface area contributed by atoms with Gasteiger partial charge in [0.15, 0.2) is 0 Å². The molecular weight excluding hydrogens is 258 g/mol. The molecule has 1 atom stereocenters. The van der Waals surface area contributed by atoms with Gasteiger partial charge in [-0.2, -0.15) is 5.10 Å². The molecule has 2 rings (SSSR count). The minimum Gasteiger partial charge on any atom is -0.312 e. The summed E-state index contributed by atoms with van der Waals surface area (Å²) in [5.41, 5.74) is 5.12. The van der Waals surface area contributed by atoms with Crippen molar-refractivity contribution in [2.75, 3.05) is 6.54 Å². The molecule has 0 spiro atoms. The third-order valence-electron chi connectivity index (χ3n) is 4.03. The van der Waals surface area contributed by atoms with Crippen molar-refractivity contribution in [2.24, 2.45) is 0 Å². The first-order valence-electron chi connectivity index (χ1n) is 7.87. The van der Waals surface area contributed by atoms with Crippen LogP contribution >= 0.6 is 0 Å². The van der Waals surface area contributed by atoms with E-state index in [2.05, 4.69) is 74.9 Å². The molecule has 1 N–H and O–H groups in total. The second kappa shape index (κ2) is 6.90. The normalized spacial score (nSPS) is 12.9. The number of aromatic nitrogens is 2. The van der Waals surface area contributed by atoms with Gasteiger partial charge in [-0.1, -0.05) is 51.1 Å². The van der Waals surface area contributed by atoms with E-state index >= 15 is 0 Å². The van der Waals surface area contributed by atoms with Gasteiger partial charge in [0.1, 0.15) is 0 Å². The van der Waals surface area contributed by atoms with Gasteiger partial charge < -0.3 is 5.32 Å². The van der Waals surface area contributed by atoms with Crippen molar-refractivity contribution in [3.63, 3.8) is 0 Å². The maximum Gasteiger partial charge on any atom is 0.0896 e. The van der Waals surface area contributed by atoms with Crippen LogP contribution in [0.3, 0.4) is 0 Å². The van der Waals surface area contributed by atoms with E-state index in [0.29, 0.717) is 6.04 Å². The van der Waals surface area contributed by atoms with Crippen molar-refractivity contribution in [1.29, 1.82) is 0 Å². The standard InChI is InChI=1S/C18H27N3/c1-6-17-14(4)20-21(15(17)5)18(12-19-13(2)3)16-10-8-7-9-11-16/h7-11,13,18-19H,6,12H2,1-5H3. The highest BCUT2D eigenvalue weighted by atomic mass is 15.3. The first kappa shape index (κ1) is 15.8. The zero-order valence-corrected chi connectivity index (χ0v) is 13.9. The predicted octanol–water partition coefficient (Wildman–Crippen LogP) is 3.65. The molecule has 0 aliphatic carbocycles. The van der Waals surface area contributed by atoms with Crippen LogP contribution in [0.25, 0.3) is 0 Å². The minimum absolute atomic E-state index is 0.243. The molecule has 1 unspecified atom stereocenters. The summed E-state index contributed by atoms with van der Waals surface area (Å²) in [6.45, 7) is 11.8. The van der Waals surface area contributed by atoms with E-state index in [9.17, 15) is 0 Å². The molecule has 0 saturated heterocycles. The van der Waals surface area contributed by atoms with Gasteiger partial charge in [0, 0.05) is 18.3 Å². The second-order valence-corrected chi connectivity index (χ2v) is 5.94. The monoisotopic (exact) mass is 285 g/mol. The summed E-state index contributed by atoms with van der Waals surface area (Å²) in [6.07, 6.45) is 1.04. The molecule has 3 heteroatoms. The van der Waals surface area contributed by atoms with Crippen molar-refractivity contribution in [2.45, 2.75) is 53.1 Å². The first-order valence-corrected chi connectivity index (χ1v) is 7.87. The molecule has 0 fully saturated rings. The number of hydrogen-bond donors (Lipinski definition) is 1. The third-order valence-corrected chi connectivity index (χ3v) is 4.03. The molecule has 0 saturated carbocycles. The Bertz CT molecular complexity index is 570. The Hall–Kier alpha value is -1.61. The number of aryl methyl sites for hydroxylation is 1.